The largest absolute Gasteiger partial charge is 0.464 e. The SMILES string of the molecule is CCOC(=O)[C@@H](NC(=O)c1cc2c3ccccc3n(CCCc3ccccc3)c2cn1)C(C)C.Cl. The lowest BCUT2D eigenvalue weighted by molar-refractivity contribution is -0.146. The number of carbonyl (C=O) groups is 2. The van der Waals surface area contributed by atoms with Crippen molar-refractivity contribution in [1.29, 1.82) is 0 Å². The first-order valence-corrected chi connectivity index (χ1v) is 11.9. The number of carbonyl (C=O) groups excluding carboxylic acids is 2. The fraction of sp³-hybridized carbons (Fsp3) is 0.321. The number of nitrogens with zero attached hydrogens (tertiary/aromatic N) is 2. The Morgan fingerprint density at radius 1 is 1.00 bits per heavy atom. The highest BCUT2D eigenvalue weighted by Gasteiger charge is 2.26. The molecule has 1 atom stereocenters. The van der Waals surface area contributed by atoms with Gasteiger partial charge in [-0.1, -0.05) is 62.4 Å². The van der Waals surface area contributed by atoms with Gasteiger partial charge in [0.2, 0.25) is 0 Å². The monoisotopic (exact) mass is 493 g/mol. The maximum atomic E-state index is 13.0. The van der Waals surface area contributed by atoms with Crippen molar-refractivity contribution in [2.24, 2.45) is 5.92 Å². The van der Waals surface area contributed by atoms with Crippen molar-refractivity contribution >= 4 is 46.1 Å². The summed E-state index contributed by atoms with van der Waals surface area (Å²) >= 11 is 0. The predicted molar refractivity (Wildman–Crippen MR) is 142 cm³/mol. The van der Waals surface area contributed by atoms with E-state index >= 15 is 0 Å². The summed E-state index contributed by atoms with van der Waals surface area (Å²) in [6, 6.07) is 19.8. The molecule has 6 nitrogen and oxygen atoms in total. The van der Waals surface area contributed by atoms with Crippen LogP contribution in [-0.2, 0) is 22.5 Å². The lowest BCUT2D eigenvalue weighted by atomic mass is 10.0. The van der Waals surface area contributed by atoms with Gasteiger partial charge in [0.15, 0.2) is 0 Å². The normalized spacial score (nSPS) is 11.9. The molecule has 0 unspecified atom stereocenters. The van der Waals surface area contributed by atoms with Crippen molar-refractivity contribution < 1.29 is 14.3 Å². The van der Waals surface area contributed by atoms with E-state index < -0.39 is 12.0 Å². The van der Waals surface area contributed by atoms with Gasteiger partial charge in [0.1, 0.15) is 11.7 Å². The lowest BCUT2D eigenvalue weighted by Crippen LogP contribution is -2.45. The van der Waals surface area contributed by atoms with E-state index in [4.69, 9.17) is 4.74 Å². The van der Waals surface area contributed by atoms with E-state index in [0.717, 1.165) is 41.2 Å². The molecule has 35 heavy (non-hydrogen) atoms. The van der Waals surface area contributed by atoms with E-state index in [0.29, 0.717) is 0 Å². The van der Waals surface area contributed by atoms with Crippen molar-refractivity contribution in [2.45, 2.75) is 46.2 Å². The second kappa shape index (κ2) is 11.8. The summed E-state index contributed by atoms with van der Waals surface area (Å²) in [5.74, 6) is -0.908. The summed E-state index contributed by atoms with van der Waals surface area (Å²) in [4.78, 5) is 29.7. The predicted octanol–water partition coefficient (Wildman–Crippen LogP) is 5.56. The topological polar surface area (TPSA) is 73.2 Å². The first kappa shape index (κ1) is 26.2. The number of nitrogens with one attached hydrogen (secondary N) is 1. The number of esters is 1. The maximum Gasteiger partial charge on any atom is 0.328 e. The van der Waals surface area contributed by atoms with E-state index in [-0.39, 0.29) is 36.5 Å². The summed E-state index contributed by atoms with van der Waals surface area (Å²) in [6.07, 6.45) is 3.75. The van der Waals surface area contributed by atoms with Crippen LogP contribution in [0, 0.1) is 5.92 Å². The number of pyridine rings is 1. The second-order valence-corrected chi connectivity index (χ2v) is 8.79. The number of aromatic nitrogens is 2. The Labute approximate surface area is 212 Å². The smallest absolute Gasteiger partial charge is 0.328 e. The number of para-hydroxylation sites is 1. The Kier molecular flexibility index (Phi) is 8.88. The summed E-state index contributed by atoms with van der Waals surface area (Å²) in [7, 11) is 0. The fourth-order valence-electron chi connectivity index (χ4n) is 4.34. The van der Waals surface area contributed by atoms with Crippen LogP contribution in [0.25, 0.3) is 21.8 Å². The van der Waals surface area contributed by atoms with Crippen LogP contribution in [0.2, 0.25) is 0 Å². The van der Waals surface area contributed by atoms with E-state index in [2.05, 4.69) is 51.3 Å². The van der Waals surface area contributed by atoms with Gasteiger partial charge in [-0.2, -0.15) is 0 Å². The number of aryl methyl sites for hydroxylation is 2. The third-order valence-electron chi connectivity index (χ3n) is 6.08. The van der Waals surface area contributed by atoms with E-state index in [1.54, 1.807) is 13.1 Å². The van der Waals surface area contributed by atoms with Gasteiger partial charge in [0.05, 0.1) is 18.3 Å². The van der Waals surface area contributed by atoms with Crippen LogP contribution in [0.5, 0.6) is 0 Å². The number of amides is 1. The van der Waals surface area contributed by atoms with Gasteiger partial charge in [-0.25, -0.2) is 9.78 Å². The first-order chi connectivity index (χ1) is 16.5. The number of halogens is 1. The summed E-state index contributed by atoms with van der Waals surface area (Å²) in [5, 5.41) is 4.87. The van der Waals surface area contributed by atoms with Gasteiger partial charge >= 0.3 is 5.97 Å². The van der Waals surface area contributed by atoms with Crippen LogP contribution in [0.1, 0.15) is 43.2 Å². The molecule has 0 saturated heterocycles. The molecule has 0 radical (unpaired) electrons. The van der Waals surface area contributed by atoms with Crippen LogP contribution in [0.3, 0.4) is 0 Å². The van der Waals surface area contributed by atoms with Crippen LogP contribution >= 0.6 is 12.4 Å². The molecule has 1 N–H and O–H groups in total. The summed E-state index contributed by atoms with van der Waals surface area (Å²) in [6.45, 7) is 6.63. The second-order valence-electron chi connectivity index (χ2n) is 8.79. The van der Waals surface area contributed by atoms with E-state index in [1.165, 1.54) is 5.56 Å². The Morgan fingerprint density at radius 3 is 2.43 bits per heavy atom. The van der Waals surface area contributed by atoms with E-state index in [9.17, 15) is 9.59 Å². The minimum absolute atomic E-state index is 0. The molecule has 184 valence electrons. The van der Waals surface area contributed by atoms with Crippen molar-refractivity contribution in [3.05, 3.63) is 78.1 Å². The molecule has 4 aromatic rings. The molecule has 0 aliphatic carbocycles. The first-order valence-electron chi connectivity index (χ1n) is 11.9. The number of hydrogen-bond donors (Lipinski definition) is 1. The van der Waals surface area contributed by atoms with Crippen LogP contribution in [0.15, 0.2) is 66.9 Å². The molecule has 0 fully saturated rings. The van der Waals surface area contributed by atoms with Gasteiger partial charge in [-0.15, -0.1) is 12.4 Å². The Balaban J connectivity index is 0.00000342. The molecule has 0 bridgehead atoms. The molecule has 0 saturated carbocycles. The zero-order chi connectivity index (χ0) is 24.1. The van der Waals surface area contributed by atoms with Crippen molar-refractivity contribution in [3.63, 3.8) is 0 Å². The molecule has 2 aromatic heterocycles. The minimum Gasteiger partial charge on any atom is -0.464 e. The zero-order valence-electron chi connectivity index (χ0n) is 20.4. The summed E-state index contributed by atoms with van der Waals surface area (Å²) < 4.78 is 7.40. The molecule has 2 aromatic carbocycles. The fourth-order valence-corrected chi connectivity index (χ4v) is 4.34. The lowest BCUT2D eigenvalue weighted by Gasteiger charge is -2.20. The van der Waals surface area contributed by atoms with Gasteiger partial charge < -0.3 is 14.6 Å². The van der Waals surface area contributed by atoms with Crippen molar-refractivity contribution in [2.75, 3.05) is 6.61 Å². The van der Waals surface area contributed by atoms with Gasteiger partial charge in [0.25, 0.3) is 5.91 Å². The molecule has 2 heterocycles. The summed E-state index contributed by atoms with van der Waals surface area (Å²) in [5.41, 5.74) is 3.73. The average Bonchev–Trinajstić information content (AvgIpc) is 3.16. The Bertz CT molecular complexity index is 1300. The highest BCUT2D eigenvalue weighted by Crippen LogP contribution is 2.29. The number of rotatable bonds is 9. The minimum atomic E-state index is -0.718. The zero-order valence-corrected chi connectivity index (χ0v) is 21.2. The molecule has 0 aliphatic heterocycles. The van der Waals surface area contributed by atoms with Gasteiger partial charge in [0, 0.05) is 22.8 Å². The van der Waals surface area contributed by atoms with Crippen molar-refractivity contribution in [1.82, 2.24) is 14.9 Å². The molecular weight excluding hydrogens is 462 g/mol. The molecule has 0 aliphatic rings. The third-order valence-corrected chi connectivity index (χ3v) is 6.08. The number of ether oxygens (including phenoxy) is 1. The molecule has 0 spiro atoms. The Hall–Kier alpha value is -3.38. The number of hydrogen-bond acceptors (Lipinski definition) is 4. The van der Waals surface area contributed by atoms with Crippen LogP contribution < -0.4 is 5.32 Å². The number of benzene rings is 2. The molecule has 1 amide bonds. The quantitative estimate of drug-likeness (QED) is 0.310. The Morgan fingerprint density at radius 2 is 1.71 bits per heavy atom. The molecule has 4 rings (SSSR count). The average molecular weight is 494 g/mol. The highest BCUT2D eigenvalue weighted by molar-refractivity contribution is 6.10. The van der Waals surface area contributed by atoms with Crippen LogP contribution in [-0.4, -0.2) is 34.1 Å². The highest BCUT2D eigenvalue weighted by atomic mass is 35.5. The van der Waals surface area contributed by atoms with Crippen LogP contribution in [0.4, 0.5) is 0 Å². The van der Waals surface area contributed by atoms with Gasteiger partial charge in [-0.3, -0.25) is 4.79 Å². The van der Waals surface area contributed by atoms with Gasteiger partial charge in [-0.05, 0) is 43.4 Å². The standard InChI is InChI=1S/C28H31N3O3.ClH/c1-4-34-28(33)26(19(2)3)30-27(32)23-17-22-21-14-8-9-15-24(21)31(25(22)18-29-23)16-10-13-20-11-6-5-7-12-20;/h5-9,11-12,14-15,17-19,26H,4,10,13,16H2,1-3H3,(H,30,32);1H/t26-;/m0./s1. The van der Waals surface area contributed by atoms with Crippen molar-refractivity contribution in [3.8, 4) is 0 Å². The molecular formula is C28H32ClN3O3. The third kappa shape index (κ3) is 5.82. The molecule has 7 heteroatoms. The maximum absolute atomic E-state index is 13.0. The number of fused-ring (bicyclic) bond motifs is 3. The van der Waals surface area contributed by atoms with E-state index in [1.807, 2.05) is 38.1 Å².